The van der Waals surface area contributed by atoms with Gasteiger partial charge in [0.25, 0.3) is 0 Å². The second-order valence-electron chi connectivity index (χ2n) is 5.46. The van der Waals surface area contributed by atoms with Crippen LogP contribution in [0.1, 0.15) is 13.8 Å². The number of nitrogens with one attached hydrogen (secondary N) is 2. The normalized spacial score (nSPS) is 12.8. The molecule has 2 atom stereocenters. The molecule has 0 radical (unpaired) electrons. The monoisotopic (exact) mass is 324 g/mol. The van der Waals surface area contributed by atoms with Crippen molar-refractivity contribution in [2.75, 3.05) is 26.3 Å². The first-order valence-corrected chi connectivity index (χ1v) is 7.53. The van der Waals surface area contributed by atoms with Crippen molar-refractivity contribution in [2.24, 2.45) is 11.8 Å². The summed E-state index contributed by atoms with van der Waals surface area (Å²) < 4.78 is 10.1. The minimum Gasteiger partial charge on any atom is -0.449 e. The number of alkyl carbamates (subject to hydrolysis) is 1. The quantitative estimate of drug-likeness (QED) is 0.677. The number of aliphatic hydroxyl groups excluding tert-OH is 1. The Morgan fingerprint density at radius 3 is 2.30 bits per heavy atom. The third-order valence-electron chi connectivity index (χ3n) is 2.95. The number of hydrogen-bond acceptors (Lipinski definition) is 5. The van der Waals surface area contributed by atoms with Crippen molar-refractivity contribution < 1.29 is 24.2 Å². The third-order valence-corrected chi connectivity index (χ3v) is 2.95. The van der Waals surface area contributed by atoms with E-state index in [1.54, 1.807) is 24.3 Å². The van der Waals surface area contributed by atoms with Crippen LogP contribution in [0.5, 0.6) is 5.75 Å². The van der Waals surface area contributed by atoms with Gasteiger partial charge in [-0.3, -0.25) is 0 Å². The maximum absolute atomic E-state index is 11.6. The molecule has 128 valence electrons. The van der Waals surface area contributed by atoms with E-state index in [0.717, 1.165) is 0 Å². The first-order valence-electron chi connectivity index (χ1n) is 7.53. The lowest BCUT2D eigenvalue weighted by Gasteiger charge is -2.14. The molecule has 1 aromatic rings. The number of hydrogen-bond donors (Lipinski definition) is 3. The van der Waals surface area contributed by atoms with E-state index >= 15 is 0 Å². The topological polar surface area (TPSA) is 96.9 Å². The molecule has 0 aromatic heterocycles. The van der Waals surface area contributed by atoms with Gasteiger partial charge in [-0.1, -0.05) is 32.0 Å². The second-order valence-corrected chi connectivity index (χ2v) is 5.46. The Labute approximate surface area is 136 Å². The van der Waals surface area contributed by atoms with E-state index in [2.05, 4.69) is 10.6 Å². The molecule has 1 aromatic carbocycles. The summed E-state index contributed by atoms with van der Waals surface area (Å²) in [5.41, 5.74) is 0. The summed E-state index contributed by atoms with van der Waals surface area (Å²) in [6.45, 7) is 4.50. The van der Waals surface area contributed by atoms with E-state index < -0.39 is 12.2 Å². The molecule has 0 fully saturated rings. The highest BCUT2D eigenvalue weighted by Gasteiger charge is 2.10. The molecule has 0 aliphatic rings. The maximum atomic E-state index is 11.6. The lowest BCUT2D eigenvalue weighted by molar-refractivity contribution is 0.126. The standard InChI is InChI=1S/C16H24N2O5/c1-12(10-19)8-17-15(20)22-11-13(2)9-18-16(21)23-14-6-4-3-5-7-14/h3-7,12-13,19H,8-11H2,1-2H3,(H,17,20)(H,18,21). The summed E-state index contributed by atoms with van der Waals surface area (Å²) in [4.78, 5) is 23.0. The SMILES string of the molecule is CC(CO)CNC(=O)OCC(C)CNC(=O)Oc1ccccc1. The molecule has 2 amide bonds. The summed E-state index contributed by atoms with van der Waals surface area (Å²) >= 11 is 0. The summed E-state index contributed by atoms with van der Waals surface area (Å²) in [6, 6.07) is 8.74. The van der Waals surface area contributed by atoms with Gasteiger partial charge in [0.2, 0.25) is 0 Å². The van der Waals surface area contributed by atoms with Crippen LogP contribution in [0.2, 0.25) is 0 Å². The van der Waals surface area contributed by atoms with Crippen LogP contribution in [0, 0.1) is 11.8 Å². The summed E-state index contributed by atoms with van der Waals surface area (Å²) in [7, 11) is 0. The van der Waals surface area contributed by atoms with Crippen molar-refractivity contribution in [2.45, 2.75) is 13.8 Å². The van der Waals surface area contributed by atoms with Crippen LogP contribution < -0.4 is 15.4 Å². The molecule has 0 spiro atoms. The van der Waals surface area contributed by atoms with Crippen LogP contribution in [-0.2, 0) is 4.74 Å². The number of aliphatic hydroxyl groups is 1. The molecule has 0 heterocycles. The van der Waals surface area contributed by atoms with Gasteiger partial charge in [0.05, 0.1) is 6.61 Å². The zero-order valence-electron chi connectivity index (χ0n) is 13.5. The molecule has 1 rings (SSSR count). The van der Waals surface area contributed by atoms with Crippen molar-refractivity contribution in [1.29, 1.82) is 0 Å². The van der Waals surface area contributed by atoms with Gasteiger partial charge in [0.15, 0.2) is 0 Å². The highest BCUT2D eigenvalue weighted by Crippen LogP contribution is 2.08. The van der Waals surface area contributed by atoms with Gasteiger partial charge < -0.3 is 25.2 Å². The number of benzene rings is 1. The number of carbonyl (C=O) groups excluding carboxylic acids is 2. The fraction of sp³-hybridized carbons (Fsp3) is 0.500. The first-order chi connectivity index (χ1) is 11.0. The maximum Gasteiger partial charge on any atom is 0.412 e. The molecule has 7 heteroatoms. The van der Waals surface area contributed by atoms with E-state index in [0.29, 0.717) is 18.8 Å². The summed E-state index contributed by atoms with van der Waals surface area (Å²) in [5.74, 6) is 0.389. The van der Waals surface area contributed by atoms with E-state index in [9.17, 15) is 9.59 Å². The number of rotatable bonds is 8. The number of ether oxygens (including phenoxy) is 2. The van der Waals surface area contributed by atoms with Crippen molar-refractivity contribution in [1.82, 2.24) is 10.6 Å². The molecular weight excluding hydrogens is 300 g/mol. The number of amides is 2. The van der Waals surface area contributed by atoms with Gasteiger partial charge in [-0.25, -0.2) is 9.59 Å². The Bertz CT molecular complexity index is 481. The number of carbonyl (C=O) groups is 2. The van der Waals surface area contributed by atoms with Gasteiger partial charge in [0, 0.05) is 25.6 Å². The van der Waals surface area contributed by atoms with Crippen molar-refractivity contribution in [3.63, 3.8) is 0 Å². The average Bonchev–Trinajstić information content (AvgIpc) is 2.56. The zero-order valence-corrected chi connectivity index (χ0v) is 13.5. The number of para-hydroxylation sites is 1. The van der Waals surface area contributed by atoms with E-state index in [1.165, 1.54) is 0 Å². The molecule has 0 bridgehead atoms. The Morgan fingerprint density at radius 1 is 1.04 bits per heavy atom. The molecule has 23 heavy (non-hydrogen) atoms. The molecule has 7 nitrogen and oxygen atoms in total. The fourth-order valence-electron chi connectivity index (χ4n) is 1.54. The van der Waals surface area contributed by atoms with Crippen molar-refractivity contribution in [3.05, 3.63) is 30.3 Å². The molecule has 3 N–H and O–H groups in total. The Hall–Kier alpha value is -2.28. The van der Waals surface area contributed by atoms with Gasteiger partial charge in [-0.15, -0.1) is 0 Å². The predicted octanol–water partition coefficient (Wildman–Crippen LogP) is 1.77. The second kappa shape index (κ2) is 10.4. The van der Waals surface area contributed by atoms with Crippen LogP contribution in [-0.4, -0.2) is 43.6 Å². The van der Waals surface area contributed by atoms with Crippen LogP contribution in [0.3, 0.4) is 0 Å². The Morgan fingerprint density at radius 2 is 1.65 bits per heavy atom. The highest BCUT2D eigenvalue weighted by atomic mass is 16.6. The predicted molar refractivity (Wildman–Crippen MR) is 85.2 cm³/mol. The molecule has 0 aliphatic heterocycles. The van der Waals surface area contributed by atoms with Gasteiger partial charge in [-0.2, -0.15) is 0 Å². The minimum atomic E-state index is -0.552. The average molecular weight is 324 g/mol. The smallest absolute Gasteiger partial charge is 0.412 e. The van der Waals surface area contributed by atoms with Crippen LogP contribution in [0.25, 0.3) is 0 Å². The molecule has 0 saturated heterocycles. The molecule has 0 saturated carbocycles. The van der Waals surface area contributed by atoms with Crippen LogP contribution in [0.4, 0.5) is 9.59 Å². The molecular formula is C16H24N2O5. The third kappa shape index (κ3) is 8.67. The van der Waals surface area contributed by atoms with Gasteiger partial charge in [0.1, 0.15) is 5.75 Å². The fourth-order valence-corrected chi connectivity index (χ4v) is 1.54. The van der Waals surface area contributed by atoms with E-state index in [-0.39, 0.29) is 25.0 Å². The van der Waals surface area contributed by atoms with Crippen LogP contribution >= 0.6 is 0 Å². The Balaban J connectivity index is 2.15. The minimum absolute atomic E-state index is 0.00410. The van der Waals surface area contributed by atoms with Gasteiger partial charge in [-0.05, 0) is 18.1 Å². The zero-order chi connectivity index (χ0) is 17.1. The highest BCUT2D eigenvalue weighted by molar-refractivity contribution is 5.70. The van der Waals surface area contributed by atoms with Crippen molar-refractivity contribution in [3.8, 4) is 5.75 Å². The molecule has 0 aliphatic carbocycles. The van der Waals surface area contributed by atoms with E-state index in [1.807, 2.05) is 19.9 Å². The lowest BCUT2D eigenvalue weighted by Crippen LogP contribution is -2.34. The summed E-state index contributed by atoms with van der Waals surface area (Å²) in [6.07, 6.45) is -1.09. The summed E-state index contributed by atoms with van der Waals surface area (Å²) in [5, 5.41) is 14.0. The van der Waals surface area contributed by atoms with E-state index in [4.69, 9.17) is 14.6 Å². The van der Waals surface area contributed by atoms with Crippen molar-refractivity contribution >= 4 is 12.2 Å². The van der Waals surface area contributed by atoms with Gasteiger partial charge >= 0.3 is 12.2 Å². The largest absolute Gasteiger partial charge is 0.449 e. The van der Waals surface area contributed by atoms with Crippen LogP contribution in [0.15, 0.2) is 30.3 Å². The lowest BCUT2D eigenvalue weighted by atomic mass is 10.2. The molecule has 2 unspecified atom stereocenters. The first kappa shape index (κ1) is 18.8. The Kier molecular flexibility index (Phi) is 8.52.